The Hall–Kier alpha value is -1.26. The van der Waals surface area contributed by atoms with Crippen LogP contribution < -0.4 is 10.5 Å². The predicted molar refractivity (Wildman–Crippen MR) is 62.4 cm³/mol. The van der Waals surface area contributed by atoms with Gasteiger partial charge in [-0.1, -0.05) is 11.6 Å². The van der Waals surface area contributed by atoms with E-state index in [1.807, 2.05) is 0 Å². The first-order valence-corrected chi connectivity index (χ1v) is 5.20. The maximum Gasteiger partial charge on any atom is 0.179 e. The summed E-state index contributed by atoms with van der Waals surface area (Å²) in [7, 11) is 1.38. The number of hydrogen-bond donors (Lipinski definition) is 2. The van der Waals surface area contributed by atoms with Gasteiger partial charge in [-0.3, -0.25) is 4.79 Å². The smallest absolute Gasteiger partial charge is 0.179 e. The largest absolute Gasteiger partial charge is 0.504 e. The van der Waals surface area contributed by atoms with E-state index in [-0.39, 0.29) is 35.3 Å². The lowest BCUT2D eigenvalue weighted by molar-refractivity contribution is 0.0984. The number of methoxy groups -OCH3 is 1. The number of carbonyl (C=O) groups is 1. The van der Waals surface area contributed by atoms with Gasteiger partial charge in [0, 0.05) is 12.0 Å². The summed E-state index contributed by atoms with van der Waals surface area (Å²) in [5, 5.41) is 9.70. The first-order chi connectivity index (χ1) is 7.52. The molecule has 0 saturated carbocycles. The Bertz CT molecular complexity index is 418. The van der Waals surface area contributed by atoms with Crippen molar-refractivity contribution in [3.8, 4) is 11.5 Å². The van der Waals surface area contributed by atoms with E-state index in [0.717, 1.165) is 0 Å². The van der Waals surface area contributed by atoms with Crippen LogP contribution in [-0.2, 0) is 0 Å². The quantitative estimate of drug-likeness (QED) is 0.793. The molecule has 0 aliphatic heterocycles. The SMILES string of the molecule is COc1c(O)cc(C)c(C(=O)CCN)c1Cl. The van der Waals surface area contributed by atoms with Gasteiger partial charge in [-0.05, 0) is 25.1 Å². The van der Waals surface area contributed by atoms with E-state index in [9.17, 15) is 9.90 Å². The first kappa shape index (κ1) is 12.8. The number of benzene rings is 1. The number of rotatable bonds is 4. The van der Waals surface area contributed by atoms with Gasteiger partial charge >= 0.3 is 0 Å². The molecule has 16 heavy (non-hydrogen) atoms. The normalized spacial score (nSPS) is 10.2. The molecule has 0 aromatic heterocycles. The van der Waals surface area contributed by atoms with Gasteiger partial charge in [0.25, 0.3) is 0 Å². The highest BCUT2D eigenvalue weighted by atomic mass is 35.5. The molecule has 0 saturated heterocycles. The van der Waals surface area contributed by atoms with Crippen molar-refractivity contribution in [3.05, 3.63) is 22.2 Å². The Kier molecular flexibility index (Phi) is 4.15. The summed E-state index contributed by atoms with van der Waals surface area (Å²) in [6.45, 7) is 1.96. The summed E-state index contributed by atoms with van der Waals surface area (Å²) in [6.07, 6.45) is 0.217. The van der Waals surface area contributed by atoms with Crippen molar-refractivity contribution in [2.75, 3.05) is 13.7 Å². The molecule has 0 heterocycles. The summed E-state index contributed by atoms with van der Waals surface area (Å²) in [4.78, 5) is 11.8. The Morgan fingerprint density at radius 1 is 1.62 bits per heavy atom. The number of aromatic hydroxyl groups is 1. The van der Waals surface area contributed by atoms with Crippen molar-refractivity contribution < 1.29 is 14.6 Å². The van der Waals surface area contributed by atoms with Crippen LogP contribution in [0, 0.1) is 6.92 Å². The number of phenolic OH excluding ortho intramolecular Hbond substituents is 1. The lowest BCUT2D eigenvalue weighted by Gasteiger charge is -2.12. The van der Waals surface area contributed by atoms with E-state index in [2.05, 4.69) is 0 Å². The zero-order valence-electron chi connectivity index (χ0n) is 9.21. The molecule has 1 rings (SSSR count). The summed E-state index contributed by atoms with van der Waals surface area (Å²) in [5.41, 5.74) is 6.30. The zero-order valence-corrected chi connectivity index (χ0v) is 9.97. The van der Waals surface area contributed by atoms with Crippen LogP contribution in [0.15, 0.2) is 6.07 Å². The third-order valence-electron chi connectivity index (χ3n) is 2.25. The number of phenols is 1. The second-order valence-electron chi connectivity index (χ2n) is 3.40. The molecule has 4 nitrogen and oxygen atoms in total. The Morgan fingerprint density at radius 3 is 2.75 bits per heavy atom. The summed E-state index contributed by atoms with van der Waals surface area (Å²) in [6, 6.07) is 1.45. The molecule has 88 valence electrons. The van der Waals surface area contributed by atoms with Crippen molar-refractivity contribution in [3.63, 3.8) is 0 Å². The zero-order chi connectivity index (χ0) is 12.3. The van der Waals surface area contributed by atoms with Crippen molar-refractivity contribution in [1.82, 2.24) is 0 Å². The van der Waals surface area contributed by atoms with Gasteiger partial charge in [0.05, 0.1) is 12.1 Å². The number of halogens is 1. The lowest BCUT2D eigenvalue weighted by atomic mass is 10.0. The average molecular weight is 244 g/mol. The van der Waals surface area contributed by atoms with E-state index in [0.29, 0.717) is 11.1 Å². The van der Waals surface area contributed by atoms with Crippen molar-refractivity contribution >= 4 is 17.4 Å². The van der Waals surface area contributed by atoms with E-state index in [1.54, 1.807) is 6.92 Å². The molecule has 5 heteroatoms. The molecule has 0 spiro atoms. The lowest BCUT2D eigenvalue weighted by Crippen LogP contribution is -2.10. The molecule has 0 atom stereocenters. The Balaban J connectivity index is 3.33. The van der Waals surface area contributed by atoms with Crippen LogP contribution in [-0.4, -0.2) is 24.5 Å². The second kappa shape index (κ2) is 5.18. The van der Waals surface area contributed by atoms with Gasteiger partial charge in [0.15, 0.2) is 17.3 Å². The maximum atomic E-state index is 11.8. The number of hydrogen-bond acceptors (Lipinski definition) is 4. The molecule has 0 aliphatic rings. The second-order valence-corrected chi connectivity index (χ2v) is 3.77. The van der Waals surface area contributed by atoms with Gasteiger partial charge in [-0.2, -0.15) is 0 Å². The fourth-order valence-electron chi connectivity index (χ4n) is 1.53. The molecule has 0 amide bonds. The van der Waals surface area contributed by atoms with Crippen LogP contribution in [0.2, 0.25) is 5.02 Å². The number of Topliss-reactive ketones (excluding diaryl/α,β-unsaturated/α-hetero) is 1. The van der Waals surface area contributed by atoms with Crippen LogP contribution in [0.25, 0.3) is 0 Å². The van der Waals surface area contributed by atoms with E-state index < -0.39 is 0 Å². The molecule has 3 N–H and O–H groups in total. The van der Waals surface area contributed by atoms with Gasteiger partial charge in [-0.25, -0.2) is 0 Å². The number of aryl methyl sites for hydroxylation is 1. The van der Waals surface area contributed by atoms with Crippen LogP contribution in [0.3, 0.4) is 0 Å². The van der Waals surface area contributed by atoms with Gasteiger partial charge in [-0.15, -0.1) is 0 Å². The van der Waals surface area contributed by atoms with Crippen LogP contribution >= 0.6 is 11.6 Å². The third-order valence-corrected chi connectivity index (χ3v) is 2.61. The van der Waals surface area contributed by atoms with E-state index in [4.69, 9.17) is 22.1 Å². The number of ketones is 1. The molecular weight excluding hydrogens is 230 g/mol. The standard InChI is InChI=1S/C11H14ClNO3/c1-6-5-8(15)11(16-2)10(12)9(6)7(14)3-4-13/h5,15H,3-4,13H2,1-2H3. The highest BCUT2D eigenvalue weighted by Gasteiger charge is 2.19. The first-order valence-electron chi connectivity index (χ1n) is 4.82. The fraction of sp³-hybridized carbons (Fsp3) is 0.364. The fourth-order valence-corrected chi connectivity index (χ4v) is 1.96. The summed E-state index contributed by atoms with van der Waals surface area (Å²) < 4.78 is 4.93. The topological polar surface area (TPSA) is 72.5 Å². The molecule has 1 aromatic rings. The van der Waals surface area contributed by atoms with Crippen LogP contribution in [0.1, 0.15) is 22.3 Å². The monoisotopic (exact) mass is 243 g/mol. The third kappa shape index (κ3) is 2.28. The van der Waals surface area contributed by atoms with Crippen molar-refractivity contribution in [1.29, 1.82) is 0 Å². The van der Waals surface area contributed by atoms with E-state index in [1.165, 1.54) is 13.2 Å². The van der Waals surface area contributed by atoms with Gasteiger partial charge < -0.3 is 15.6 Å². The highest BCUT2D eigenvalue weighted by molar-refractivity contribution is 6.35. The van der Waals surface area contributed by atoms with Gasteiger partial charge in [0.2, 0.25) is 0 Å². The molecule has 0 radical (unpaired) electrons. The molecule has 0 bridgehead atoms. The van der Waals surface area contributed by atoms with Crippen LogP contribution in [0.5, 0.6) is 11.5 Å². The number of ether oxygens (including phenoxy) is 1. The minimum atomic E-state index is -0.150. The Morgan fingerprint density at radius 2 is 2.25 bits per heavy atom. The molecule has 1 aromatic carbocycles. The average Bonchev–Trinajstić information content (AvgIpc) is 2.17. The van der Waals surface area contributed by atoms with Gasteiger partial charge in [0.1, 0.15) is 0 Å². The number of nitrogens with two attached hydrogens (primary N) is 1. The Labute approximate surface area is 99.0 Å². The summed E-state index contributed by atoms with van der Waals surface area (Å²) in [5.74, 6) is -0.106. The predicted octanol–water partition coefficient (Wildman–Crippen LogP) is 1.89. The minimum Gasteiger partial charge on any atom is -0.504 e. The van der Waals surface area contributed by atoms with Crippen molar-refractivity contribution in [2.24, 2.45) is 5.73 Å². The minimum absolute atomic E-state index is 0.0747. The van der Waals surface area contributed by atoms with Crippen LogP contribution in [0.4, 0.5) is 0 Å². The summed E-state index contributed by atoms with van der Waals surface area (Å²) >= 11 is 6.00. The molecule has 0 aliphatic carbocycles. The van der Waals surface area contributed by atoms with E-state index >= 15 is 0 Å². The molecule has 0 fully saturated rings. The number of carbonyl (C=O) groups excluding carboxylic acids is 1. The maximum absolute atomic E-state index is 11.8. The molecule has 0 unspecified atom stereocenters. The van der Waals surface area contributed by atoms with Crippen molar-refractivity contribution in [2.45, 2.75) is 13.3 Å². The molecular formula is C11H14ClNO3. The highest BCUT2D eigenvalue weighted by Crippen LogP contribution is 2.39.